The Hall–Kier alpha value is -1.51. The molecular formula is C14H20N2O2S. The molecule has 0 spiro atoms. The van der Waals surface area contributed by atoms with Gasteiger partial charge in [-0.3, -0.25) is 0 Å². The maximum Gasteiger partial charge on any atom is 0.244 e. The molecule has 0 saturated heterocycles. The molecular weight excluding hydrogens is 260 g/mol. The van der Waals surface area contributed by atoms with E-state index in [-0.39, 0.29) is 11.4 Å². The van der Waals surface area contributed by atoms with Crippen LogP contribution in [0.1, 0.15) is 23.6 Å². The number of terminal acetylenes is 1. The summed E-state index contributed by atoms with van der Waals surface area (Å²) >= 11 is 0. The largest absolute Gasteiger partial charge is 0.398 e. The van der Waals surface area contributed by atoms with Crippen LogP contribution in [-0.2, 0) is 10.0 Å². The van der Waals surface area contributed by atoms with E-state index in [9.17, 15) is 8.42 Å². The van der Waals surface area contributed by atoms with E-state index < -0.39 is 10.0 Å². The topological polar surface area (TPSA) is 63.4 Å². The van der Waals surface area contributed by atoms with E-state index in [0.717, 1.165) is 11.1 Å². The van der Waals surface area contributed by atoms with E-state index in [1.165, 1.54) is 4.31 Å². The highest BCUT2D eigenvalue weighted by atomic mass is 32.2. The van der Waals surface area contributed by atoms with Crippen molar-refractivity contribution in [1.29, 1.82) is 0 Å². The molecule has 1 aromatic rings. The molecule has 104 valence electrons. The molecule has 0 heterocycles. The van der Waals surface area contributed by atoms with Crippen molar-refractivity contribution in [2.45, 2.75) is 32.6 Å². The summed E-state index contributed by atoms with van der Waals surface area (Å²) in [5.41, 5.74) is 8.53. The molecule has 0 atom stereocenters. The van der Waals surface area contributed by atoms with Gasteiger partial charge in [-0.25, -0.2) is 8.42 Å². The van der Waals surface area contributed by atoms with Crippen molar-refractivity contribution < 1.29 is 8.42 Å². The fourth-order valence-electron chi connectivity index (χ4n) is 2.03. The van der Waals surface area contributed by atoms with Crippen LogP contribution in [0.15, 0.2) is 11.0 Å². The van der Waals surface area contributed by atoms with Gasteiger partial charge < -0.3 is 5.73 Å². The van der Waals surface area contributed by atoms with Crippen LogP contribution in [0.5, 0.6) is 0 Å². The van der Waals surface area contributed by atoms with Gasteiger partial charge in [0.05, 0.1) is 11.4 Å². The molecule has 0 aliphatic heterocycles. The van der Waals surface area contributed by atoms with Crippen LogP contribution in [-0.4, -0.2) is 25.8 Å². The first-order valence-electron chi connectivity index (χ1n) is 6.07. The van der Waals surface area contributed by atoms with E-state index in [1.54, 1.807) is 26.8 Å². The molecule has 0 bridgehead atoms. The summed E-state index contributed by atoms with van der Waals surface area (Å²) in [6.07, 6.45) is 5.23. The standard InChI is InChI=1S/C14H20N2O2S/c1-6-8-16(7-2)19(17,18)14-11(4)10(3)9-13(15)12(14)5/h1,9H,7-8,15H2,2-5H3. The molecule has 2 N–H and O–H groups in total. The van der Waals surface area contributed by atoms with Crippen molar-refractivity contribution in [1.82, 2.24) is 4.31 Å². The Morgan fingerprint density at radius 3 is 2.37 bits per heavy atom. The van der Waals surface area contributed by atoms with E-state index in [2.05, 4.69) is 5.92 Å². The van der Waals surface area contributed by atoms with E-state index in [1.807, 2.05) is 6.92 Å². The van der Waals surface area contributed by atoms with Crippen LogP contribution in [0, 0.1) is 33.1 Å². The summed E-state index contributed by atoms with van der Waals surface area (Å²) in [6, 6.07) is 1.79. The monoisotopic (exact) mass is 280 g/mol. The summed E-state index contributed by atoms with van der Waals surface area (Å²) in [6.45, 7) is 7.52. The van der Waals surface area contributed by atoms with Crippen molar-refractivity contribution >= 4 is 15.7 Å². The van der Waals surface area contributed by atoms with Gasteiger partial charge in [-0.2, -0.15) is 4.31 Å². The lowest BCUT2D eigenvalue weighted by molar-refractivity contribution is 0.463. The molecule has 0 unspecified atom stereocenters. The molecule has 0 aliphatic rings. The first-order chi connectivity index (χ1) is 8.77. The first-order valence-corrected chi connectivity index (χ1v) is 7.51. The van der Waals surface area contributed by atoms with Crippen LogP contribution >= 0.6 is 0 Å². The Labute approximate surface area is 115 Å². The minimum atomic E-state index is -3.61. The third kappa shape index (κ3) is 2.75. The zero-order valence-corrected chi connectivity index (χ0v) is 12.6. The number of hydrogen-bond donors (Lipinski definition) is 1. The van der Waals surface area contributed by atoms with E-state index in [0.29, 0.717) is 17.8 Å². The molecule has 0 saturated carbocycles. The number of aryl methyl sites for hydroxylation is 1. The van der Waals surface area contributed by atoms with E-state index in [4.69, 9.17) is 12.2 Å². The molecule has 1 rings (SSSR count). The molecule has 0 amide bonds. The number of nitrogens with two attached hydrogens (primary N) is 1. The zero-order valence-electron chi connectivity index (χ0n) is 11.8. The fraction of sp³-hybridized carbons (Fsp3) is 0.429. The molecule has 0 radical (unpaired) electrons. The van der Waals surface area contributed by atoms with Crippen LogP contribution < -0.4 is 5.73 Å². The van der Waals surface area contributed by atoms with Crippen LogP contribution in [0.2, 0.25) is 0 Å². The van der Waals surface area contributed by atoms with Gasteiger partial charge in [-0.1, -0.05) is 12.8 Å². The third-order valence-corrected chi connectivity index (χ3v) is 5.49. The number of nitrogens with zero attached hydrogens (tertiary/aromatic N) is 1. The Kier molecular flexibility index (Phi) is 4.61. The second-order valence-electron chi connectivity index (χ2n) is 4.50. The second-order valence-corrected chi connectivity index (χ2v) is 6.37. The normalized spacial score (nSPS) is 11.6. The molecule has 1 aromatic carbocycles. The first kappa shape index (κ1) is 15.5. The molecule has 0 fully saturated rings. The predicted molar refractivity (Wildman–Crippen MR) is 78.3 cm³/mol. The van der Waals surface area contributed by atoms with Crippen molar-refractivity contribution in [3.05, 3.63) is 22.8 Å². The maximum absolute atomic E-state index is 12.7. The lowest BCUT2D eigenvalue weighted by Crippen LogP contribution is -2.32. The van der Waals surface area contributed by atoms with Crippen molar-refractivity contribution in [3.63, 3.8) is 0 Å². The van der Waals surface area contributed by atoms with Gasteiger partial charge in [-0.05, 0) is 43.5 Å². The van der Waals surface area contributed by atoms with Gasteiger partial charge in [0.15, 0.2) is 0 Å². The number of benzene rings is 1. The molecule has 4 nitrogen and oxygen atoms in total. The summed E-state index contributed by atoms with van der Waals surface area (Å²) in [4.78, 5) is 0.280. The Morgan fingerprint density at radius 2 is 1.89 bits per heavy atom. The second kappa shape index (κ2) is 5.64. The number of sulfonamides is 1. The number of hydrogen-bond acceptors (Lipinski definition) is 3. The molecule has 19 heavy (non-hydrogen) atoms. The lowest BCUT2D eigenvalue weighted by Gasteiger charge is -2.22. The van der Waals surface area contributed by atoms with Crippen molar-refractivity contribution in [2.75, 3.05) is 18.8 Å². The summed E-state index contributed by atoms with van der Waals surface area (Å²) in [7, 11) is -3.61. The van der Waals surface area contributed by atoms with Crippen LogP contribution in [0.25, 0.3) is 0 Å². The lowest BCUT2D eigenvalue weighted by atomic mass is 10.1. The smallest absolute Gasteiger partial charge is 0.244 e. The fourth-order valence-corrected chi connectivity index (χ4v) is 3.92. The number of rotatable bonds is 4. The van der Waals surface area contributed by atoms with Gasteiger partial charge in [0.2, 0.25) is 10.0 Å². The third-order valence-electron chi connectivity index (χ3n) is 3.30. The van der Waals surface area contributed by atoms with Crippen molar-refractivity contribution in [3.8, 4) is 12.3 Å². The van der Waals surface area contributed by atoms with Crippen LogP contribution in [0.4, 0.5) is 5.69 Å². The van der Waals surface area contributed by atoms with Crippen LogP contribution in [0.3, 0.4) is 0 Å². The van der Waals surface area contributed by atoms with Gasteiger partial charge in [0.25, 0.3) is 0 Å². The van der Waals surface area contributed by atoms with Gasteiger partial charge in [-0.15, -0.1) is 6.42 Å². The Bertz CT molecular complexity index is 602. The SMILES string of the molecule is C#CCN(CC)S(=O)(=O)c1c(C)c(C)cc(N)c1C. The minimum Gasteiger partial charge on any atom is -0.398 e. The zero-order chi connectivity index (χ0) is 14.8. The predicted octanol–water partition coefficient (Wildman–Crippen LogP) is 1.84. The minimum absolute atomic E-state index is 0.0611. The quantitative estimate of drug-likeness (QED) is 0.676. The summed E-state index contributed by atoms with van der Waals surface area (Å²) < 4.78 is 26.6. The average Bonchev–Trinajstić information content (AvgIpc) is 2.33. The summed E-state index contributed by atoms with van der Waals surface area (Å²) in [5.74, 6) is 2.38. The van der Waals surface area contributed by atoms with Gasteiger partial charge >= 0.3 is 0 Å². The highest BCUT2D eigenvalue weighted by Crippen LogP contribution is 2.30. The number of anilines is 1. The van der Waals surface area contributed by atoms with Gasteiger partial charge in [0.1, 0.15) is 0 Å². The molecule has 0 aliphatic carbocycles. The molecule has 5 heteroatoms. The Morgan fingerprint density at radius 1 is 1.32 bits per heavy atom. The van der Waals surface area contributed by atoms with Gasteiger partial charge in [0, 0.05) is 12.2 Å². The maximum atomic E-state index is 12.7. The summed E-state index contributed by atoms with van der Waals surface area (Å²) in [5, 5.41) is 0. The Balaban J connectivity index is 3.58. The highest BCUT2D eigenvalue weighted by Gasteiger charge is 2.27. The number of nitrogen functional groups attached to an aromatic ring is 1. The molecule has 0 aromatic heterocycles. The van der Waals surface area contributed by atoms with E-state index >= 15 is 0 Å². The average molecular weight is 280 g/mol. The van der Waals surface area contributed by atoms with Crippen molar-refractivity contribution in [2.24, 2.45) is 0 Å². The highest BCUT2D eigenvalue weighted by molar-refractivity contribution is 7.89.